The molecule has 0 rings (SSSR count). The first-order chi connectivity index (χ1) is 6.06. The largest absolute Gasteiger partial charge is 0.371 e. The van der Waals surface area contributed by atoms with E-state index in [2.05, 4.69) is 6.92 Å². The quantitative estimate of drug-likeness (QED) is 0.571. The highest BCUT2D eigenvalue weighted by Crippen LogP contribution is 2.19. The van der Waals surface area contributed by atoms with Crippen LogP contribution in [0, 0.1) is 0 Å². The average molecular weight is 186 g/mol. The van der Waals surface area contributed by atoms with Gasteiger partial charge in [0, 0.05) is 7.11 Å². The van der Waals surface area contributed by atoms with E-state index in [1.807, 2.05) is 6.92 Å². The molecule has 0 saturated carbocycles. The van der Waals surface area contributed by atoms with E-state index in [0.717, 1.165) is 12.8 Å². The molecule has 78 valence electrons. The molecular formula is C11H22O2. The van der Waals surface area contributed by atoms with Crippen LogP contribution in [0.25, 0.3) is 0 Å². The van der Waals surface area contributed by atoms with Gasteiger partial charge in [0.1, 0.15) is 5.60 Å². The predicted molar refractivity (Wildman–Crippen MR) is 54.9 cm³/mol. The summed E-state index contributed by atoms with van der Waals surface area (Å²) in [5.41, 5.74) is -0.548. The molecule has 0 aliphatic heterocycles. The van der Waals surface area contributed by atoms with Gasteiger partial charge in [-0.05, 0) is 20.3 Å². The second kappa shape index (κ2) is 6.14. The van der Waals surface area contributed by atoms with Crippen LogP contribution in [0.1, 0.15) is 52.9 Å². The molecule has 0 heterocycles. The van der Waals surface area contributed by atoms with E-state index in [0.29, 0.717) is 0 Å². The zero-order valence-corrected chi connectivity index (χ0v) is 9.35. The van der Waals surface area contributed by atoms with Crippen LogP contribution >= 0.6 is 0 Å². The van der Waals surface area contributed by atoms with Crippen LogP contribution in [-0.4, -0.2) is 18.5 Å². The molecule has 0 fully saturated rings. The fourth-order valence-corrected chi connectivity index (χ4v) is 1.31. The molecule has 0 aromatic carbocycles. The Hall–Kier alpha value is -0.370. The van der Waals surface area contributed by atoms with E-state index in [1.54, 1.807) is 14.0 Å². The summed E-state index contributed by atoms with van der Waals surface area (Å²) < 4.78 is 5.23. The predicted octanol–water partition coefficient (Wildman–Crippen LogP) is 2.95. The van der Waals surface area contributed by atoms with Crippen LogP contribution in [0.4, 0.5) is 0 Å². The molecule has 1 unspecified atom stereocenters. The van der Waals surface area contributed by atoms with E-state index in [4.69, 9.17) is 4.74 Å². The Morgan fingerprint density at radius 1 is 1.31 bits per heavy atom. The van der Waals surface area contributed by atoms with Crippen molar-refractivity contribution in [3.05, 3.63) is 0 Å². The van der Waals surface area contributed by atoms with Gasteiger partial charge in [-0.3, -0.25) is 4.79 Å². The zero-order valence-electron chi connectivity index (χ0n) is 9.35. The Morgan fingerprint density at radius 3 is 2.31 bits per heavy atom. The highest BCUT2D eigenvalue weighted by atomic mass is 16.5. The van der Waals surface area contributed by atoms with Crippen molar-refractivity contribution in [3.8, 4) is 0 Å². The van der Waals surface area contributed by atoms with Gasteiger partial charge in [-0.15, -0.1) is 0 Å². The van der Waals surface area contributed by atoms with Crippen LogP contribution in [-0.2, 0) is 9.53 Å². The number of hydrogen-bond acceptors (Lipinski definition) is 2. The third-order valence-corrected chi connectivity index (χ3v) is 2.70. The number of ketones is 1. The molecule has 13 heavy (non-hydrogen) atoms. The van der Waals surface area contributed by atoms with Crippen molar-refractivity contribution in [2.24, 2.45) is 0 Å². The summed E-state index contributed by atoms with van der Waals surface area (Å²) in [6.07, 6.45) is 5.60. The fourth-order valence-electron chi connectivity index (χ4n) is 1.31. The van der Waals surface area contributed by atoms with Crippen molar-refractivity contribution in [2.45, 2.75) is 58.5 Å². The minimum Gasteiger partial charge on any atom is -0.371 e. The molecule has 0 spiro atoms. The Morgan fingerprint density at radius 2 is 1.92 bits per heavy atom. The molecule has 2 heteroatoms. The van der Waals surface area contributed by atoms with E-state index in [-0.39, 0.29) is 5.78 Å². The Kier molecular flexibility index (Phi) is 5.97. The molecule has 0 aromatic heterocycles. The van der Waals surface area contributed by atoms with Crippen molar-refractivity contribution in [2.75, 3.05) is 7.11 Å². The van der Waals surface area contributed by atoms with Gasteiger partial charge in [-0.25, -0.2) is 0 Å². The molecular weight excluding hydrogens is 164 g/mol. The van der Waals surface area contributed by atoms with E-state index in [1.165, 1.54) is 19.3 Å². The molecule has 0 radical (unpaired) electrons. The number of hydrogen-bond donors (Lipinski definition) is 0. The van der Waals surface area contributed by atoms with Gasteiger partial charge in [0.05, 0.1) is 0 Å². The van der Waals surface area contributed by atoms with Crippen LogP contribution in [0.3, 0.4) is 0 Å². The van der Waals surface area contributed by atoms with Gasteiger partial charge in [0.15, 0.2) is 5.78 Å². The number of carbonyl (C=O) groups excluding carboxylic acids is 1. The lowest BCUT2D eigenvalue weighted by atomic mass is 9.94. The summed E-state index contributed by atoms with van der Waals surface area (Å²) in [6.45, 7) is 5.66. The average Bonchev–Trinajstić information content (AvgIpc) is 2.12. The van der Waals surface area contributed by atoms with Crippen molar-refractivity contribution in [1.82, 2.24) is 0 Å². The third-order valence-electron chi connectivity index (χ3n) is 2.70. The number of unbranched alkanes of at least 4 members (excludes halogenated alkanes) is 3. The highest BCUT2D eigenvalue weighted by Gasteiger charge is 2.28. The first kappa shape index (κ1) is 12.6. The Labute approximate surface area is 81.7 Å². The fraction of sp³-hybridized carbons (Fsp3) is 0.909. The van der Waals surface area contributed by atoms with E-state index in [9.17, 15) is 4.79 Å². The van der Waals surface area contributed by atoms with Crippen molar-refractivity contribution in [3.63, 3.8) is 0 Å². The monoisotopic (exact) mass is 186 g/mol. The maximum absolute atomic E-state index is 11.2. The van der Waals surface area contributed by atoms with Crippen LogP contribution in [0.2, 0.25) is 0 Å². The SMILES string of the molecule is CCCCCCC(C)(OC)C(C)=O. The normalized spacial score (nSPS) is 15.4. The molecule has 0 N–H and O–H groups in total. The first-order valence-corrected chi connectivity index (χ1v) is 5.13. The standard InChI is InChI=1S/C11H22O2/c1-5-6-7-8-9-11(3,13-4)10(2)12/h5-9H2,1-4H3. The van der Waals surface area contributed by atoms with Crippen LogP contribution < -0.4 is 0 Å². The molecule has 0 aromatic rings. The summed E-state index contributed by atoms with van der Waals surface area (Å²) in [4.78, 5) is 11.2. The summed E-state index contributed by atoms with van der Waals surface area (Å²) >= 11 is 0. The molecule has 0 saturated heterocycles. The Bertz CT molecular complexity index is 154. The molecule has 1 atom stereocenters. The number of Topliss-reactive ketones (excluding diaryl/α,β-unsaturated/α-hetero) is 1. The maximum atomic E-state index is 11.2. The number of ether oxygens (including phenoxy) is 1. The minimum atomic E-state index is -0.548. The smallest absolute Gasteiger partial charge is 0.161 e. The van der Waals surface area contributed by atoms with E-state index >= 15 is 0 Å². The molecule has 0 bridgehead atoms. The number of carbonyl (C=O) groups is 1. The minimum absolute atomic E-state index is 0.131. The molecule has 2 nitrogen and oxygen atoms in total. The van der Waals surface area contributed by atoms with Gasteiger partial charge in [0.25, 0.3) is 0 Å². The summed E-state index contributed by atoms with van der Waals surface area (Å²) in [7, 11) is 1.61. The molecule has 0 aliphatic carbocycles. The highest BCUT2D eigenvalue weighted by molar-refractivity contribution is 5.84. The third kappa shape index (κ3) is 4.41. The van der Waals surface area contributed by atoms with Crippen molar-refractivity contribution in [1.29, 1.82) is 0 Å². The number of rotatable bonds is 7. The van der Waals surface area contributed by atoms with Gasteiger partial charge >= 0.3 is 0 Å². The summed E-state index contributed by atoms with van der Waals surface area (Å²) in [5.74, 6) is 0.131. The van der Waals surface area contributed by atoms with Gasteiger partial charge in [0.2, 0.25) is 0 Å². The van der Waals surface area contributed by atoms with Crippen LogP contribution in [0.5, 0.6) is 0 Å². The van der Waals surface area contributed by atoms with Crippen molar-refractivity contribution >= 4 is 5.78 Å². The van der Waals surface area contributed by atoms with Gasteiger partial charge < -0.3 is 4.74 Å². The lowest BCUT2D eigenvalue weighted by Gasteiger charge is -2.24. The first-order valence-electron chi connectivity index (χ1n) is 5.13. The van der Waals surface area contributed by atoms with Gasteiger partial charge in [-0.2, -0.15) is 0 Å². The molecule has 0 aliphatic rings. The van der Waals surface area contributed by atoms with Gasteiger partial charge in [-0.1, -0.05) is 32.6 Å². The zero-order chi connectivity index (χ0) is 10.3. The molecule has 0 amide bonds. The second-order valence-electron chi connectivity index (χ2n) is 3.80. The summed E-state index contributed by atoms with van der Waals surface area (Å²) in [5, 5.41) is 0. The van der Waals surface area contributed by atoms with E-state index < -0.39 is 5.60 Å². The maximum Gasteiger partial charge on any atom is 0.161 e. The van der Waals surface area contributed by atoms with Crippen LogP contribution in [0.15, 0.2) is 0 Å². The van der Waals surface area contributed by atoms with Crippen molar-refractivity contribution < 1.29 is 9.53 Å². The second-order valence-corrected chi connectivity index (χ2v) is 3.80. The number of methoxy groups -OCH3 is 1. The Balaban J connectivity index is 3.78. The summed E-state index contributed by atoms with van der Waals surface area (Å²) in [6, 6.07) is 0. The lowest BCUT2D eigenvalue weighted by molar-refractivity contribution is -0.137. The lowest BCUT2D eigenvalue weighted by Crippen LogP contribution is -2.35. The topological polar surface area (TPSA) is 26.3 Å².